The zero-order chi connectivity index (χ0) is 18.4. The number of ether oxygens (including phenoxy) is 2. The number of carbonyl (C=O) groups excluding carboxylic acids is 1. The molecule has 140 valence electrons. The van der Waals surface area contributed by atoms with Crippen molar-refractivity contribution in [1.82, 2.24) is 20.0 Å². The number of carbonyl (C=O) groups is 1. The molecule has 0 bridgehead atoms. The summed E-state index contributed by atoms with van der Waals surface area (Å²) < 4.78 is 12.3. The Hall–Kier alpha value is -2.38. The van der Waals surface area contributed by atoms with E-state index in [-0.39, 0.29) is 18.4 Å². The lowest BCUT2D eigenvalue weighted by atomic mass is 10.1. The summed E-state index contributed by atoms with van der Waals surface area (Å²) in [5, 5.41) is 7.39. The highest BCUT2D eigenvalue weighted by molar-refractivity contribution is 5.77. The number of amides is 1. The Kier molecular flexibility index (Phi) is 6.25. The van der Waals surface area contributed by atoms with Crippen molar-refractivity contribution in [2.75, 3.05) is 33.9 Å². The van der Waals surface area contributed by atoms with Gasteiger partial charge in [-0.15, -0.1) is 0 Å². The average molecular weight is 358 g/mol. The molecule has 1 aromatic carbocycles. The summed E-state index contributed by atoms with van der Waals surface area (Å²) in [6.07, 6.45) is 1.84. The molecule has 1 atom stereocenters. The Morgan fingerprint density at radius 1 is 1.31 bits per heavy atom. The van der Waals surface area contributed by atoms with Crippen LogP contribution in [0.4, 0.5) is 0 Å². The first kappa shape index (κ1) is 18.4. The molecule has 7 nitrogen and oxygen atoms in total. The molecule has 1 aromatic heterocycles. The van der Waals surface area contributed by atoms with Gasteiger partial charge in [0.05, 0.1) is 12.8 Å². The number of aromatic nitrogens is 2. The maximum absolute atomic E-state index is 11.7. The fourth-order valence-electron chi connectivity index (χ4n) is 3.34. The van der Waals surface area contributed by atoms with E-state index in [4.69, 9.17) is 9.47 Å². The van der Waals surface area contributed by atoms with Crippen LogP contribution < -0.4 is 10.1 Å². The summed E-state index contributed by atoms with van der Waals surface area (Å²) in [7, 11) is 3.21. The van der Waals surface area contributed by atoms with Gasteiger partial charge in [0.2, 0.25) is 5.91 Å². The number of benzene rings is 1. The molecule has 1 aliphatic heterocycles. The molecule has 1 aliphatic rings. The van der Waals surface area contributed by atoms with E-state index in [0.717, 1.165) is 31.9 Å². The Bertz CT molecular complexity index is 731. The summed E-state index contributed by atoms with van der Waals surface area (Å²) in [5.41, 5.74) is 2.40. The van der Waals surface area contributed by atoms with Gasteiger partial charge in [0, 0.05) is 51.9 Å². The van der Waals surface area contributed by atoms with E-state index in [1.165, 1.54) is 18.4 Å². The largest absolute Gasteiger partial charge is 0.497 e. The summed E-state index contributed by atoms with van der Waals surface area (Å²) in [6, 6.07) is 10.2. The quantitative estimate of drug-likeness (QED) is 0.808. The Morgan fingerprint density at radius 3 is 3.00 bits per heavy atom. The highest BCUT2D eigenvalue weighted by atomic mass is 16.5. The van der Waals surface area contributed by atoms with E-state index in [9.17, 15) is 4.79 Å². The van der Waals surface area contributed by atoms with Gasteiger partial charge in [0.1, 0.15) is 12.4 Å². The summed E-state index contributed by atoms with van der Waals surface area (Å²) in [5.74, 6) is 1.06. The highest BCUT2D eigenvalue weighted by Crippen LogP contribution is 2.20. The van der Waals surface area contributed by atoms with Crippen molar-refractivity contribution in [3.05, 3.63) is 47.8 Å². The smallest absolute Gasteiger partial charge is 0.245 e. The molecule has 3 rings (SSSR count). The van der Waals surface area contributed by atoms with Gasteiger partial charge in [0.15, 0.2) is 0 Å². The number of rotatable bonds is 7. The molecule has 1 unspecified atom stereocenters. The SMILES string of the molecule is COCC(=O)NCC1CN(Cc2cccc(OC)c2)Cc2ccnn2C1. The van der Waals surface area contributed by atoms with Crippen LogP contribution in [-0.4, -0.2) is 54.5 Å². The van der Waals surface area contributed by atoms with E-state index in [0.29, 0.717) is 6.54 Å². The molecule has 2 aromatic rings. The van der Waals surface area contributed by atoms with Gasteiger partial charge in [-0.25, -0.2) is 0 Å². The van der Waals surface area contributed by atoms with Crippen LogP contribution in [0.15, 0.2) is 36.5 Å². The summed E-state index contributed by atoms with van der Waals surface area (Å²) in [4.78, 5) is 14.1. The lowest BCUT2D eigenvalue weighted by molar-refractivity contribution is -0.124. The zero-order valence-electron chi connectivity index (χ0n) is 15.4. The van der Waals surface area contributed by atoms with E-state index in [1.54, 1.807) is 7.11 Å². The number of fused-ring (bicyclic) bond motifs is 1. The predicted octanol–water partition coefficient (Wildman–Crippen LogP) is 1.29. The Balaban J connectivity index is 1.69. The van der Waals surface area contributed by atoms with Crippen molar-refractivity contribution in [1.29, 1.82) is 0 Å². The number of hydrogen-bond donors (Lipinski definition) is 1. The maximum Gasteiger partial charge on any atom is 0.245 e. The molecule has 0 radical (unpaired) electrons. The first-order chi connectivity index (χ1) is 12.7. The standard InChI is InChI=1S/C19H26N4O3/c1-25-14-19(24)20-9-16-11-22(13-17-6-7-21-23(17)12-16)10-15-4-3-5-18(8-15)26-2/h3-8,16H,9-14H2,1-2H3,(H,20,24). The minimum absolute atomic E-state index is 0.0863. The van der Waals surface area contributed by atoms with Crippen LogP contribution >= 0.6 is 0 Å². The third-order valence-electron chi connectivity index (χ3n) is 4.54. The van der Waals surface area contributed by atoms with Crippen molar-refractivity contribution in [3.8, 4) is 5.75 Å². The van der Waals surface area contributed by atoms with E-state index in [1.807, 2.05) is 23.0 Å². The van der Waals surface area contributed by atoms with Gasteiger partial charge in [-0.05, 0) is 23.8 Å². The molecular weight excluding hydrogens is 332 g/mol. The molecule has 0 saturated carbocycles. The first-order valence-electron chi connectivity index (χ1n) is 8.79. The van der Waals surface area contributed by atoms with Gasteiger partial charge >= 0.3 is 0 Å². The molecule has 0 aliphatic carbocycles. The predicted molar refractivity (Wildman–Crippen MR) is 97.7 cm³/mol. The normalized spacial score (nSPS) is 17.4. The van der Waals surface area contributed by atoms with E-state index < -0.39 is 0 Å². The lowest BCUT2D eigenvalue weighted by Gasteiger charge is -2.24. The number of hydrogen-bond acceptors (Lipinski definition) is 5. The number of nitrogens with zero attached hydrogens (tertiary/aromatic N) is 3. The molecule has 0 fully saturated rings. The molecule has 1 amide bonds. The summed E-state index contributed by atoms with van der Waals surface area (Å²) in [6.45, 7) is 4.03. The Labute approximate surface area is 153 Å². The van der Waals surface area contributed by atoms with Crippen LogP contribution in [0.25, 0.3) is 0 Å². The molecule has 1 N–H and O–H groups in total. The second-order valence-corrected chi connectivity index (χ2v) is 6.63. The van der Waals surface area contributed by atoms with Crippen LogP contribution in [0.3, 0.4) is 0 Å². The summed E-state index contributed by atoms with van der Waals surface area (Å²) >= 11 is 0. The van der Waals surface area contributed by atoms with Gasteiger partial charge in [-0.3, -0.25) is 14.4 Å². The van der Waals surface area contributed by atoms with Gasteiger partial charge in [-0.2, -0.15) is 5.10 Å². The molecule has 7 heteroatoms. The fourth-order valence-corrected chi connectivity index (χ4v) is 3.34. The van der Waals surface area contributed by atoms with Crippen LogP contribution in [0.2, 0.25) is 0 Å². The van der Waals surface area contributed by atoms with Gasteiger partial charge in [0.25, 0.3) is 0 Å². The van der Waals surface area contributed by atoms with Crippen LogP contribution in [-0.2, 0) is 29.2 Å². The Morgan fingerprint density at radius 2 is 2.19 bits per heavy atom. The van der Waals surface area contributed by atoms with Crippen LogP contribution in [0.5, 0.6) is 5.75 Å². The van der Waals surface area contributed by atoms with Crippen LogP contribution in [0, 0.1) is 5.92 Å². The van der Waals surface area contributed by atoms with E-state index >= 15 is 0 Å². The van der Waals surface area contributed by atoms with Crippen molar-refractivity contribution in [2.45, 2.75) is 19.6 Å². The maximum atomic E-state index is 11.7. The van der Waals surface area contributed by atoms with Gasteiger partial charge in [-0.1, -0.05) is 12.1 Å². The van der Waals surface area contributed by atoms with Crippen molar-refractivity contribution >= 4 is 5.91 Å². The third kappa shape index (κ3) is 4.83. The molecular formula is C19H26N4O3. The highest BCUT2D eigenvalue weighted by Gasteiger charge is 2.23. The average Bonchev–Trinajstić information content (AvgIpc) is 2.99. The fraction of sp³-hybridized carbons (Fsp3) is 0.474. The third-order valence-corrected chi connectivity index (χ3v) is 4.54. The molecule has 26 heavy (non-hydrogen) atoms. The number of nitrogens with one attached hydrogen (secondary N) is 1. The minimum Gasteiger partial charge on any atom is -0.497 e. The van der Waals surface area contributed by atoms with E-state index in [2.05, 4.69) is 33.5 Å². The zero-order valence-corrected chi connectivity index (χ0v) is 15.4. The van der Waals surface area contributed by atoms with Crippen molar-refractivity contribution in [2.24, 2.45) is 5.92 Å². The van der Waals surface area contributed by atoms with Gasteiger partial charge < -0.3 is 14.8 Å². The van der Waals surface area contributed by atoms with Crippen molar-refractivity contribution in [3.63, 3.8) is 0 Å². The second kappa shape index (κ2) is 8.82. The van der Waals surface area contributed by atoms with Crippen molar-refractivity contribution < 1.29 is 14.3 Å². The number of methoxy groups -OCH3 is 2. The minimum atomic E-state index is -0.0863. The second-order valence-electron chi connectivity index (χ2n) is 6.63. The monoisotopic (exact) mass is 358 g/mol. The van der Waals surface area contributed by atoms with Crippen LogP contribution in [0.1, 0.15) is 11.3 Å². The topological polar surface area (TPSA) is 68.6 Å². The molecule has 2 heterocycles. The molecule has 0 saturated heterocycles. The molecule has 0 spiro atoms. The lowest BCUT2D eigenvalue weighted by Crippen LogP contribution is -2.37. The first-order valence-corrected chi connectivity index (χ1v) is 8.79.